The highest BCUT2D eigenvalue weighted by Gasteiger charge is 2.20. The number of carbonyl (C=O) groups is 3. The van der Waals surface area contributed by atoms with E-state index in [1.165, 1.54) is 0 Å². The first-order valence-electron chi connectivity index (χ1n) is 8.75. The third-order valence-electron chi connectivity index (χ3n) is 4.28. The van der Waals surface area contributed by atoms with E-state index in [0.717, 1.165) is 16.7 Å². The van der Waals surface area contributed by atoms with Crippen molar-refractivity contribution in [3.8, 4) is 0 Å². The third kappa shape index (κ3) is 5.82. The van der Waals surface area contributed by atoms with Crippen LogP contribution in [0.2, 0.25) is 5.02 Å². The van der Waals surface area contributed by atoms with Gasteiger partial charge in [-0.15, -0.1) is 0 Å². The van der Waals surface area contributed by atoms with Gasteiger partial charge in [-0.1, -0.05) is 41.4 Å². The van der Waals surface area contributed by atoms with E-state index in [9.17, 15) is 14.4 Å². The molecule has 0 aliphatic carbocycles. The monoisotopic (exact) mass is 402 g/mol. The van der Waals surface area contributed by atoms with Crippen LogP contribution in [0, 0.1) is 20.8 Å². The Morgan fingerprint density at radius 1 is 1.07 bits per heavy atom. The second kappa shape index (κ2) is 9.37. The Bertz CT molecular complexity index is 871. The van der Waals surface area contributed by atoms with E-state index in [4.69, 9.17) is 22.1 Å². The number of hydrogen-bond acceptors (Lipinski definition) is 4. The number of benzene rings is 2. The summed E-state index contributed by atoms with van der Waals surface area (Å²) in [4.78, 5) is 36.0. The van der Waals surface area contributed by atoms with Crippen molar-refractivity contribution in [1.29, 1.82) is 0 Å². The van der Waals surface area contributed by atoms with Gasteiger partial charge in [0.05, 0.1) is 12.5 Å². The van der Waals surface area contributed by atoms with E-state index < -0.39 is 18.0 Å². The summed E-state index contributed by atoms with van der Waals surface area (Å²) in [5, 5.41) is 3.03. The van der Waals surface area contributed by atoms with Crippen molar-refractivity contribution >= 4 is 29.4 Å². The Morgan fingerprint density at radius 2 is 1.64 bits per heavy atom. The largest absolute Gasteiger partial charge is 0.457 e. The minimum absolute atomic E-state index is 0.163. The quantitative estimate of drug-likeness (QED) is 0.543. The molecule has 0 aliphatic heterocycles. The molecular formula is C21H23ClN2O4. The van der Waals surface area contributed by atoms with Crippen molar-refractivity contribution in [2.75, 3.05) is 6.61 Å². The maximum atomic E-state index is 12.5. The molecular weight excluding hydrogens is 380 g/mol. The topological polar surface area (TPSA) is 98.5 Å². The van der Waals surface area contributed by atoms with Gasteiger partial charge in [-0.25, -0.2) is 4.79 Å². The molecule has 2 amide bonds. The molecule has 0 bridgehead atoms. The molecule has 0 heterocycles. The summed E-state index contributed by atoms with van der Waals surface area (Å²) in [6.45, 7) is 5.29. The fourth-order valence-electron chi connectivity index (χ4n) is 3.18. The highest BCUT2D eigenvalue weighted by molar-refractivity contribution is 6.30. The average molecular weight is 403 g/mol. The zero-order chi connectivity index (χ0) is 20.8. The van der Waals surface area contributed by atoms with Crippen molar-refractivity contribution in [2.45, 2.75) is 33.2 Å². The molecule has 148 valence electrons. The summed E-state index contributed by atoms with van der Waals surface area (Å²) in [5.41, 5.74) is 9.15. The summed E-state index contributed by atoms with van der Waals surface area (Å²) in [6, 6.07) is 9.02. The maximum Gasteiger partial charge on any atom is 0.312 e. The van der Waals surface area contributed by atoms with Gasteiger partial charge in [0.15, 0.2) is 6.61 Å². The Hall–Kier alpha value is -2.86. The lowest BCUT2D eigenvalue weighted by molar-refractivity contribution is -0.143. The first kappa shape index (κ1) is 21.4. The number of nitrogens with two attached hydrogens (primary N) is 1. The molecule has 28 heavy (non-hydrogen) atoms. The van der Waals surface area contributed by atoms with Crippen LogP contribution in [0.25, 0.3) is 0 Å². The number of ether oxygens (including phenoxy) is 1. The second-order valence-electron chi connectivity index (χ2n) is 6.67. The number of ketones is 1. The lowest BCUT2D eigenvalue weighted by atomic mass is 9.97. The molecule has 6 nitrogen and oxygen atoms in total. The van der Waals surface area contributed by atoms with Crippen molar-refractivity contribution in [3.63, 3.8) is 0 Å². The second-order valence-corrected chi connectivity index (χ2v) is 7.11. The summed E-state index contributed by atoms with van der Waals surface area (Å²) in [7, 11) is 0. The number of hydrogen-bond donors (Lipinski definition) is 2. The van der Waals surface area contributed by atoms with Crippen LogP contribution in [0.1, 0.15) is 45.1 Å². The molecule has 2 rings (SSSR count). The molecule has 0 saturated carbocycles. The van der Waals surface area contributed by atoms with Crippen LogP contribution in [0.5, 0.6) is 0 Å². The number of amides is 2. The number of rotatable bonds is 7. The smallest absolute Gasteiger partial charge is 0.312 e. The van der Waals surface area contributed by atoms with Crippen LogP contribution in [0.15, 0.2) is 36.4 Å². The minimum Gasteiger partial charge on any atom is -0.457 e. The Balaban J connectivity index is 2.03. The molecule has 7 heteroatoms. The van der Waals surface area contributed by atoms with E-state index in [1.54, 1.807) is 24.3 Å². The van der Waals surface area contributed by atoms with Crippen LogP contribution < -0.4 is 11.1 Å². The minimum atomic E-state index is -0.769. The van der Waals surface area contributed by atoms with E-state index in [-0.39, 0.29) is 18.8 Å². The van der Waals surface area contributed by atoms with Gasteiger partial charge in [-0.05, 0) is 49.6 Å². The van der Waals surface area contributed by atoms with E-state index in [2.05, 4.69) is 5.32 Å². The third-order valence-corrected chi connectivity index (χ3v) is 4.53. The van der Waals surface area contributed by atoms with Gasteiger partial charge in [0.25, 0.3) is 0 Å². The molecule has 0 aliphatic rings. The van der Waals surface area contributed by atoms with Crippen LogP contribution in [-0.2, 0) is 9.53 Å². The Morgan fingerprint density at radius 3 is 2.18 bits per heavy atom. The average Bonchev–Trinajstić information content (AvgIpc) is 2.58. The summed E-state index contributed by atoms with van der Waals surface area (Å²) in [6.07, 6.45) is -0.163. The normalized spacial score (nSPS) is 11.6. The lowest BCUT2D eigenvalue weighted by Gasteiger charge is -2.17. The molecule has 2 aromatic carbocycles. The molecule has 0 spiro atoms. The van der Waals surface area contributed by atoms with Gasteiger partial charge in [0.1, 0.15) is 0 Å². The zero-order valence-electron chi connectivity index (χ0n) is 16.0. The molecule has 0 fully saturated rings. The lowest BCUT2D eigenvalue weighted by Crippen LogP contribution is -2.34. The van der Waals surface area contributed by atoms with Crippen molar-refractivity contribution in [2.24, 2.45) is 5.73 Å². The number of aryl methyl sites for hydroxylation is 3. The first-order chi connectivity index (χ1) is 13.2. The molecule has 0 radical (unpaired) electrons. The predicted octanol–water partition coefficient (Wildman–Crippen LogP) is 3.79. The van der Waals surface area contributed by atoms with Crippen molar-refractivity contribution < 1.29 is 19.1 Å². The summed E-state index contributed by atoms with van der Waals surface area (Å²) < 4.78 is 5.15. The molecule has 3 N–H and O–H groups in total. The van der Waals surface area contributed by atoms with E-state index in [1.807, 2.05) is 32.9 Å². The van der Waals surface area contributed by atoms with Gasteiger partial charge in [0.2, 0.25) is 5.78 Å². The van der Waals surface area contributed by atoms with E-state index in [0.29, 0.717) is 16.1 Å². The Labute approximate surface area is 169 Å². The highest BCUT2D eigenvalue weighted by atomic mass is 35.5. The highest BCUT2D eigenvalue weighted by Crippen LogP contribution is 2.21. The summed E-state index contributed by atoms with van der Waals surface area (Å²) in [5.74, 6) is -0.890. The van der Waals surface area contributed by atoms with Crippen LogP contribution >= 0.6 is 11.6 Å². The van der Waals surface area contributed by atoms with Crippen LogP contribution in [0.4, 0.5) is 4.79 Å². The van der Waals surface area contributed by atoms with E-state index >= 15 is 0 Å². The number of urea groups is 1. The predicted molar refractivity (Wildman–Crippen MR) is 107 cm³/mol. The van der Waals surface area contributed by atoms with Crippen LogP contribution in [-0.4, -0.2) is 24.4 Å². The Kier molecular flexibility index (Phi) is 7.18. The maximum absolute atomic E-state index is 12.5. The summed E-state index contributed by atoms with van der Waals surface area (Å²) >= 11 is 5.86. The van der Waals surface area contributed by atoms with Gasteiger partial charge >= 0.3 is 12.0 Å². The molecule has 2 aromatic rings. The SMILES string of the molecule is Cc1cc(C)c(C(=O)COC(=O)C[C@H](NC(N)=O)c2ccc(Cl)cc2)c(C)c1. The number of halogens is 1. The van der Waals surface area contributed by atoms with Crippen molar-refractivity contribution in [3.05, 3.63) is 69.2 Å². The van der Waals surface area contributed by atoms with Gasteiger partial charge in [-0.2, -0.15) is 0 Å². The standard InChI is InChI=1S/C21H23ClN2O4/c1-12-8-13(2)20(14(3)9-12)18(25)11-28-19(26)10-17(24-21(23)27)15-4-6-16(22)7-5-15/h4-9,17H,10-11H2,1-3H3,(H3,23,24,27)/t17-/m0/s1. The van der Waals surface area contributed by atoms with Crippen molar-refractivity contribution in [1.82, 2.24) is 5.32 Å². The number of nitrogens with one attached hydrogen (secondary N) is 1. The molecule has 0 saturated heterocycles. The first-order valence-corrected chi connectivity index (χ1v) is 9.13. The molecule has 1 atom stereocenters. The zero-order valence-corrected chi connectivity index (χ0v) is 16.8. The van der Waals surface area contributed by atoms with Gasteiger partial charge < -0.3 is 15.8 Å². The number of esters is 1. The van der Waals surface area contributed by atoms with Gasteiger partial charge in [-0.3, -0.25) is 9.59 Å². The number of carbonyl (C=O) groups excluding carboxylic acids is 3. The molecule has 0 unspecified atom stereocenters. The molecule has 0 aromatic heterocycles. The fourth-order valence-corrected chi connectivity index (χ4v) is 3.31. The number of primary amides is 1. The fraction of sp³-hybridized carbons (Fsp3) is 0.286. The number of Topliss-reactive ketones (excluding diaryl/α,β-unsaturated/α-hetero) is 1. The van der Waals surface area contributed by atoms with Crippen LogP contribution in [0.3, 0.4) is 0 Å². The van der Waals surface area contributed by atoms with Gasteiger partial charge in [0, 0.05) is 10.6 Å².